The quantitative estimate of drug-likeness (QED) is 0.302. The molecule has 0 amide bonds. The van der Waals surface area contributed by atoms with Crippen LogP contribution in [-0.4, -0.2) is 46.0 Å². The first-order valence-electron chi connectivity index (χ1n) is 11.4. The van der Waals surface area contributed by atoms with E-state index in [0.717, 1.165) is 30.6 Å². The Labute approximate surface area is 199 Å². The maximum Gasteiger partial charge on any atom is 0.303 e. The summed E-state index contributed by atoms with van der Waals surface area (Å²) in [5, 5.41) is 28.1. The number of carboxylic acids is 2. The van der Waals surface area contributed by atoms with E-state index in [2.05, 4.69) is 17.1 Å². The van der Waals surface area contributed by atoms with Gasteiger partial charge in [0.2, 0.25) is 0 Å². The molecule has 34 heavy (non-hydrogen) atoms. The lowest BCUT2D eigenvalue weighted by molar-refractivity contribution is -0.138. The van der Waals surface area contributed by atoms with Gasteiger partial charge in [0.05, 0.1) is 37.6 Å². The van der Waals surface area contributed by atoms with Crippen LogP contribution in [0.4, 0.5) is 0 Å². The Bertz CT molecular complexity index is 941. The fourth-order valence-corrected chi connectivity index (χ4v) is 3.30. The van der Waals surface area contributed by atoms with Crippen molar-refractivity contribution in [1.82, 2.24) is 4.98 Å². The van der Waals surface area contributed by atoms with Crippen molar-refractivity contribution in [3.05, 3.63) is 59.4 Å². The van der Waals surface area contributed by atoms with Gasteiger partial charge in [0.15, 0.2) is 0 Å². The molecule has 1 unspecified atom stereocenters. The molecule has 0 saturated heterocycles. The molecule has 3 N–H and O–H groups in total. The summed E-state index contributed by atoms with van der Waals surface area (Å²) in [4.78, 5) is 26.1. The van der Waals surface area contributed by atoms with Crippen molar-refractivity contribution in [3.63, 3.8) is 0 Å². The molecule has 0 fully saturated rings. The lowest BCUT2D eigenvalue weighted by Gasteiger charge is -2.15. The molecule has 2 aromatic rings. The molecule has 0 bridgehead atoms. The van der Waals surface area contributed by atoms with Crippen LogP contribution in [0.15, 0.2) is 42.5 Å². The van der Waals surface area contributed by atoms with E-state index < -0.39 is 18.0 Å². The van der Waals surface area contributed by atoms with Crippen LogP contribution in [0.25, 0.3) is 6.08 Å². The van der Waals surface area contributed by atoms with Gasteiger partial charge in [-0.25, -0.2) is 0 Å². The fraction of sp³-hybridized carbons (Fsp3) is 0.423. The first-order valence-corrected chi connectivity index (χ1v) is 11.4. The second kappa shape index (κ2) is 14.7. The van der Waals surface area contributed by atoms with Gasteiger partial charge in [0, 0.05) is 12.8 Å². The Morgan fingerprint density at radius 3 is 2.41 bits per heavy atom. The number of aliphatic hydroxyl groups is 1. The molecule has 0 aliphatic carbocycles. The van der Waals surface area contributed by atoms with Crippen LogP contribution in [0.1, 0.15) is 68.0 Å². The van der Waals surface area contributed by atoms with Gasteiger partial charge < -0.3 is 24.8 Å². The summed E-state index contributed by atoms with van der Waals surface area (Å²) in [7, 11) is 1.64. The minimum atomic E-state index is -0.941. The van der Waals surface area contributed by atoms with Crippen LogP contribution in [0.5, 0.6) is 11.5 Å². The van der Waals surface area contributed by atoms with E-state index in [-0.39, 0.29) is 25.7 Å². The predicted molar refractivity (Wildman–Crippen MR) is 128 cm³/mol. The number of aromatic nitrogens is 1. The van der Waals surface area contributed by atoms with E-state index in [1.165, 1.54) is 0 Å². The average molecular weight is 472 g/mol. The summed E-state index contributed by atoms with van der Waals surface area (Å²) in [5.41, 5.74) is 1.98. The molecular formula is C26H33NO7. The fourth-order valence-electron chi connectivity index (χ4n) is 3.30. The topological polar surface area (TPSA) is 126 Å². The molecule has 1 aromatic carbocycles. The number of methoxy groups -OCH3 is 1. The molecule has 184 valence electrons. The van der Waals surface area contributed by atoms with E-state index in [9.17, 15) is 14.7 Å². The number of carbonyl (C=O) groups is 2. The van der Waals surface area contributed by atoms with Gasteiger partial charge in [0.25, 0.3) is 0 Å². The number of hydrogen-bond donors (Lipinski definition) is 3. The number of aryl methyl sites for hydroxylation is 1. The largest absolute Gasteiger partial charge is 0.497 e. The highest BCUT2D eigenvalue weighted by Crippen LogP contribution is 2.24. The lowest BCUT2D eigenvalue weighted by atomic mass is 10.1. The molecule has 0 radical (unpaired) electrons. The van der Waals surface area contributed by atoms with E-state index >= 15 is 0 Å². The Balaban J connectivity index is 1.84. The third-order valence-electron chi connectivity index (χ3n) is 5.19. The molecule has 2 rings (SSSR count). The Kier molecular flexibility index (Phi) is 11.6. The zero-order valence-electron chi connectivity index (χ0n) is 19.5. The first kappa shape index (κ1) is 26.9. The van der Waals surface area contributed by atoms with E-state index in [0.29, 0.717) is 30.2 Å². The molecule has 0 saturated carbocycles. The van der Waals surface area contributed by atoms with Crippen molar-refractivity contribution in [3.8, 4) is 11.5 Å². The number of allylic oxidation sites excluding steroid dienone is 1. The number of rotatable bonds is 16. The van der Waals surface area contributed by atoms with Crippen molar-refractivity contribution < 1.29 is 34.4 Å². The predicted octanol–water partition coefficient (Wildman–Crippen LogP) is 4.66. The van der Waals surface area contributed by atoms with Crippen molar-refractivity contribution in [2.45, 2.75) is 57.5 Å². The average Bonchev–Trinajstić information content (AvgIpc) is 2.82. The van der Waals surface area contributed by atoms with Crippen LogP contribution in [0.3, 0.4) is 0 Å². The number of hydrogen-bond acceptors (Lipinski definition) is 6. The molecule has 8 nitrogen and oxygen atoms in total. The number of unbranched alkanes of at least 4 members (excludes halogenated alkanes) is 2. The summed E-state index contributed by atoms with van der Waals surface area (Å²) >= 11 is 0. The molecule has 1 heterocycles. The maximum atomic E-state index is 11.0. The Morgan fingerprint density at radius 2 is 1.74 bits per heavy atom. The van der Waals surface area contributed by atoms with Crippen molar-refractivity contribution in [1.29, 1.82) is 0 Å². The van der Waals surface area contributed by atoms with Gasteiger partial charge in [-0.05, 0) is 61.9 Å². The van der Waals surface area contributed by atoms with Crippen molar-refractivity contribution >= 4 is 18.0 Å². The third-order valence-corrected chi connectivity index (χ3v) is 5.19. The second-order valence-corrected chi connectivity index (χ2v) is 7.90. The van der Waals surface area contributed by atoms with Crippen LogP contribution in [0.2, 0.25) is 0 Å². The maximum absolute atomic E-state index is 11.0. The van der Waals surface area contributed by atoms with Gasteiger partial charge >= 0.3 is 11.9 Å². The lowest BCUT2D eigenvalue weighted by Crippen LogP contribution is -2.09. The van der Waals surface area contributed by atoms with Crippen LogP contribution in [-0.2, 0) is 16.0 Å². The van der Waals surface area contributed by atoms with Crippen LogP contribution < -0.4 is 9.47 Å². The minimum absolute atomic E-state index is 0.0284. The third kappa shape index (κ3) is 10.0. The highest BCUT2D eigenvalue weighted by Gasteiger charge is 2.15. The van der Waals surface area contributed by atoms with E-state index in [1.54, 1.807) is 19.2 Å². The number of carboxylic acid groups (broad SMARTS) is 2. The second-order valence-electron chi connectivity index (χ2n) is 7.90. The van der Waals surface area contributed by atoms with Gasteiger partial charge in [-0.2, -0.15) is 0 Å². The standard InChI is InChI=1S/C26H33NO7/c1-33-20-12-10-19(11-13-20)7-4-2-3-5-18-34-24-16-14-21(23(28)8-6-9-25(29)30)27-22(24)15-17-26(31)32/h4,7,10-14,16,23,28H,2-3,5-6,8-9,15,17-18H2,1H3,(H,29,30)(H,31,32)/b7-4+. The Morgan fingerprint density at radius 1 is 1.00 bits per heavy atom. The van der Waals surface area contributed by atoms with Crippen molar-refractivity contribution in [2.24, 2.45) is 0 Å². The zero-order chi connectivity index (χ0) is 24.8. The molecule has 1 aromatic heterocycles. The van der Waals surface area contributed by atoms with Crippen molar-refractivity contribution in [2.75, 3.05) is 13.7 Å². The molecule has 0 aliphatic heterocycles. The van der Waals surface area contributed by atoms with Crippen LogP contribution in [0, 0.1) is 0 Å². The van der Waals surface area contributed by atoms with Gasteiger partial charge in [0.1, 0.15) is 11.5 Å². The highest BCUT2D eigenvalue weighted by molar-refractivity contribution is 5.67. The van der Waals surface area contributed by atoms with E-state index in [1.807, 2.05) is 24.3 Å². The minimum Gasteiger partial charge on any atom is -0.497 e. The van der Waals surface area contributed by atoms with Crippen LogP contribution >= 0.6 is 0 Å². The molecule has 0 aliphatic rings. The smallest absolute Gasteiger partial charge is 0.303 e. The number of ether oxygens (including phenoxy) is 2. The molecule has 1 atom stereocenters. The van der Waals surface area contributed by atoms with Gasteiger partial charge in [-0.3, -0.25) is 14.6 Å². The Hall–Kier alpha value is -3.39. The summed E-state index contributed by atoms with van der Waals surface area (Å²) in [5.74, 6) is -0.519. The number of aliphatic hydroxyl groups excluding tert-OH is 1. The molecule has 0 spiro atoms. The summed E-state index contributed by atoms with van der Waals surface area (Å²) in [6.07, 6.45) is 6.58. The number of nitrogens with zero attached hydrogens (tertiary/aromatic N) is 1. The summed E-state index contributed by atoms with van der Waals surface area (Å²) in [6, 6.07) is 11.2. The number of benzene rings is 1. The molecular weight excluding hydrogens is 438 g/mol. The van der Waals surface area contributed by atoms with Gasteiger partial charge in [-0.15, -0.1) is 0 Å². The summed E-state index contributed by atoms with van der Waals surface area (Å²) in [6.45, 7) is 0.471. The zero-order valence-corrected chi connectivity index (χ0v) is 19.5. The normalized spacial score (nSPS) is 11.9. The van der Waals surface area contributed by atoms with E-state index in [4.69, 9.17) is 19.7 Å². The highest BCUT2D eigenvalue weighted by atomic mass is 16.5. The monoisotopic (exact) mass is 471 g/mol. The number of pyridine rings is 1. The van der Waals surface area contributed by atoms with Gasteiger partial charge in [-0.1, -0.05) is 24.3 Å². The molecule has 8 heteroatoms. The number of aliphatic carboxylic acids is 2. The summed E-state index contributed by atoms with van der Waals surface area (Å²) < 4.78 is 11.0. The SMILES string of the molecule is COc1ccc(/C=C/CCCCOc2ccc(C(O)CCCC(=O)O)nc2CCC(=O)O)cc1. The first-order chi connectivity index (χ1) is 16.4.